The summed E-state index contributed by atoms with van der Waals surface area (Å²) in [6.45, 7) is 3.05. The van der Waals surface area contributed by atoms with Crippen molar-refractivity contribution in [3.05, 3.63) is 69.4 Å². The van der Waals surface area contributed by atoms with E-state index < -0.39 is 23.5 Å². The lowest BCUT2D eigenvalue weighted by Crippen LogP contribution is -2.37. The van der Waals surface area contributed by atoms with Crippen LogP contribution < -0.4 is 0 Å². The first-order chi connectivity index (χ1) is 13.6. The smallest absolute Gasteiger partial charge is 0.290 e. The maximum Gasteiger partial charge on any atom is 0.290 e. The van der Waals surface area contributed by atoms with Gasteiger partial charge in [-0.25, -0.2) is 4.39 Å². The summed E-state index contributed by atoms with van der Waals surface area (Å²) in [5, 5.41) is 12.3. The van der Waals surface area contributed by atoms with Crippen molar-refractivity contribution >= 4 is 23.0 Å². The number of aliphatic hydroxyl groups is 1. The Morgan fingerprint density at radius 1 is 1.14 bits per heavy atom. The molecule has 5 nitrogen and oxygen atoms in total. The Morgan fingerprint density at radius 2 is 1.86 bits per heavy atom. The van der Waals surface area contributed by atoms with Gasteiger partial charge in [-0.2, -0.15) is 0 Å². The van der Waals surface area contributed by atoms with E-state index in [0.717, 1.165) is 25.9 Å². The largest absolute Gasteiger partial charge is 0.503 e. The van der Waals surface area contributed by atoms with Crippen molar-refractivity contribution in [1.29, 1.82) is 0 Å². The van der Waals surface area contributed by atoms with E-state index in [4.69, 9.17) is 0 Å². The highest BCUT2D eigenvalue weighted by Gasteiger charge is 2.43. The lowest BCUT2D eigenvalue weighted by molar-refractivity contribution is -0.129. The number of halogens is 1. The number of nitrogens with zero attached hydrogens (tertiary/aromatic N) is 2. The van der Waals surface area contributed by atoms with Gasteiger partial charge in [-0.1, -0.05) is 18.2 Å². The predicted molar refractivity (Wildman–Crippen MR) is 105 cm³/mol. The van der Waals surface area contributed by atoms with Crippen molar-refractivity contribution in [1.82, 2.24) is 9.80 Å². The monoisotopic (exact) mass is 400 g/mol. The van der Waals surface area contributed by atoms with Gasteiger partial charge in [0.05, 0.1) is 16.5 Å². The van der Waals surface area contributed by atoms with E-state index in [1.54, 1.807) is 29.6 Å². The zero-order valence-corrected chi connectivity index (χ0v) is 16.1. The molecule has 1 fully saturated rings. The second-order valence-electron chi connectivity index (χ2n) is 7.07. The third-order valence-corrected chi connectivity index (χ3v) is 6.20. The van der Waals surface area contributed by atoms with Gasteiger partial charge in [-0.15, -0.1) is 11.3 Å². The number of thiophene rings is 1. The number of carbonyl (C=O) groups excluding carboxylic acids is 2. The van der Waals surface area contributed by atoms with E-state index in [1.165, 1.54) is 28.4 Å². The Hall–Kier alpha value is -2.51. The summed E-state index contributed by atoms with van der Waals surface area (Å²) >= 11 is 1.26. The molecule has 0 spiro atoms. The number of Topliss-reactive ketones (excluding diaryl/α,β-unsaturated/α-hetero) is 1. The van der Waals surface area contributed by atoms with Crippen molar-refractivity contribution in [3.8, 4) is 0 Å². The minimum absolute atomic E-state index is 0.0699. The molecule has 0 radical (unpaired) electrons. The van der Waals surface area contributed by atoms with Crippen molar-refractivity contribution in [2.45, 2.75) is 18.9 Å². The van der Waals surface area contributed by atoms with Crippen LogP contribution in [0.1, 0.15) is 34.1 Å². The standard InChI is InChI=1S/C21H21FN2O3S/c22-15-7-5-14(6-8-15)18-17(19(25)16-4-3-13-28-16)20(26)21(27)24(18)12-11-23-9-1-2-10-23/h3-8,13,18,26H,1-2,9-12H2. The van der Waals surface area contributed by atoms with Crippen LogP contribution in [0.3, 0.4) is 0 Å². The number of aliphatic hydroxyl groups excluding tert-OH is 1. The number of amides is 1. The van der Waals surface area contributed by atoms with E-state index in [2.05, 4.69) is 4.90 Å². The highest BCUT2D eigenvalue weighted by molar-refractivity contribution is 7.12. The van der Waals surface area contributed by atoms with Crippen LogP contribution in [0.5, 0.6) is 0 Å². The molecule has 1 atom stereocenters. The molecule has 2 aliphatic heterocycles. The number of hydrogen-bond acceptors (Lipinski definition) is 5. The summed E-state index contributed by atoms with van der Waals surface area (Å²) in [7, 11) is 0. The lowest BCUT2D eigenvalue weighted by Gasteiger charge is -2.28. The average molecular weight is 400 g/mol. The highest BCUT2D eigenvalue weighted by Crippen LogP contribution is 2.39. The molecule has 7 heteroatoms. The van der Waals surface area contributed by atoms with Crippen LogP contribution in [0.25, 0.3) is 0 Å². The quantitative estimate of drug-likeness (QED) is 0.754. The van der Waals surface area contributed by atoms with E-state index in [9.17, 15) is 19.1 Å². The van der Waals surface area contributed by atoms with E-state index in [0.29, 0.717) is 23.5 Å². The number of likely N-dealkylation sites (tertiary alicyclic amines) is 1. The summed E-state index contributed by atoms with van der Waals surface area (Å²) in [5.74, 6) is -1.81. The molecule has 146 valence electrons. The van der Waals surface area contributed by atoms with E-state index in [-0.39, 0.29) is 11.4 Å². The maximum absolute atomic E-state index is 13.4. The molecule has 1 N–H and O–H groups in total. The maximum atomic E-state index is 13.4. The van der Waals surface area contributed by atoms with Gasteiger partial charge in [0.25, 0.3) is 5.91 Å². The Bertz CT molecular complexity index is 902. The highest BCUT2D eigenvalue weighted by atomic mass is 32.1. The molecular weight excluding hydrogens is 379 g/mol. The number of ketones is 1. The first kappa shape index (κ1) is 18.8. The molecule has 28 heavy (non-hydrogen) atoms. The molecule has 0 aliphatic carbocycles. The molecule has 0 bridgehead atoms. The minimum atomic E-state index is -0.717. The van der Waals surface area contributed by atoms with Gasteiger partial charge in [0.2, 0.25) is 5.78 Å². The topological polar surface area (TPSA) is 60.9 Å². The van der Waals surface area contributed by atoms with Crippen molar-refractivity contribution in [2.75, 3.05) is 26.2 Å². The molecule has 1 amide bonds. The average Bonchev–Trinajstić information content (AvgIpc) is 3.44. The molecule has 2 aromatic rings. The van der Waals surface area contributed by atoms with Gasteiger partial charge >= 0.3 is 0 Å². The Kier molecular flexibility index (Phi) is 5.28. The first-order valence-electron chi connectivity index (χ1n) is 9.36. The molecule has 1 aromatic heterocycles. The summed E-state index contributed by atoms with van der Waals surface area (Å²) in [5.41, 5.74) is 0.681. The normalized spacial score (nSPS) is 20.4. The fourth-order valence-corrected chi connectivity index (χ4v) is 4.58. The first-order valence-corrected chi connectivity index (χ1v) is 10.2. The van der Waals surface area contributed by atoms with Gasteiger partial charge in [0, 0.05) is 13.1 Å². The molecule has 1 aromatic carbocycles. The summed E-state index contributed by atoms with van der Waals surface area (Å²) in [4.78, 5) is 30.1. The Labute approximate surface area is 166 Å². The van der Waals surface area contributed by atoms with Crippen LogP contribution in [0, 0.1) is 5.82 Å². The SMILES string of the molecule is O=C(C1=C(O)C(=O)N(CCN2CCCC2)C1c1ccc(F)cc1)c1cccs1. The molecule has 3 heterocycles. The number of carbonyl (C=O) groups is 2. The van der Waals surface area contributed by atoms with Crippen molar-refractivity contribution in [3.63, 3.8) is 0 Å². The van der Waals surface area contributed by atoms with Crippen LogP contribution in [0.2, 0.25) is 0 Å². The number of rotatable bonds is 6. The minimum Gasteiger partial charge on any atom is -0.503 e. The molecular formula is C21H21FN2O3S. The van der Waals surface area contributed by atoms with Gasteiger partial charge in [-0.05, 0) is 55.1 Å². The van der Waals surface area contributed by atoms with Gasteiger partial charge in [0.15, 0.2) is 5.76 Å². The third kappa shape index (κ3) is 3.47. The van der Waals surface area contributed by atoms with Crippen molar-refractivity contribution in [2.24, 2.45) is 0 Å². The fraction of sp³-hybridized carbons (Fsp3) is 0.333. The Morgan fingerprint density at radius 3 is 2.50 bits per heavy atom. The fourth-order valence-electron chi connectivity index (χ4n) is 3.90. The predicted octanol–water partition coefficient (Wildman–Crippen LogP) is 3.56. The van der Waals surface area contributed by atoms with Crippen LogP contribution in [0.15, 0.2) is 53.1 Å². The van der Waals surface area contributed by atoms with Gasteiger partial charge < -0.3 is 14.9 Å². The second-order valence-corrected chi connectivity index (χ2v) is 8.02. The molecule has 0 saturated carbocycles. The summed E-state index contributed by atoms with van der Waals surface area (Å²) in [6.07, 6.45) is 2.28. The van der Waals surface area contributed by atoms with E-state index >= 15 is 0 Å². The summed E-state index contributed by atoms with van der Waals surface area (Å²) in [6, 6.07) is 8.46. The second kappa shape index (κ2) is 7.85. The molecule has 1 saturated heterocycles. The third-order valence-electron chi connectivity index (χ3n) is 5.33. The molecule has 4 rings (SSSR count). The zero-order valence-electron chi connectivity index (χ0n) is 15.3. The van der Waals surface area contributed by atoms with Crippen molar-refractivity contribution < 1.29 is 19.1 Å². The Balaban J connectivity index is 1.68. The lowest BCUT2D eigenvalue weighted by atomic mass is 9.95. The number of benzene rings is 1. The van der Waals surface area contributed by atoms with Gasteiger partial charge in [0.1, 0.15) is 5.82 Å². The zero-order chi connectivity index (χ0) is 19.7. The van der Waals surface area contributed by atoms with Crippen LogP contribution in [-0.4, -0.2) is 52.8 Å². The summed E-state index contributed by atoms with van der Waals surface area (Å²) < 4.78 is 13.4. The van der Waals surface area contributed by atoms with Crippen LogP contribution in [0.4, 0.5) is 4.39 Å². The van der Waals surface area contributed by atoms with E-state index in [1.807, 2.05) is 0 Å². The van der Waals surface area contributed by atoms with Crippen LogP contribution in [-0.2, 0) is 4.79 Å². The van der Waals surface area contributed by atoms with Crippen LogP contribution >= 0.6 is 11.3 Å². The number of hydrogen-bond donors (Lipinski definition) is 1. The molecule has 1 unspecified atom stereocenters. The molecule has 2 aliphatic rings. The van der Waals surface area contributed by atoms with Gasteiger partial charge in [-0.3, -0.25) is 9.59 Å².